The lowest BCUT2D eigenvalue weighted by molar-refractivity contribution is 0.287. The van der Waals surface area contributed by atoms with Gasteiger partial charge in [0, 0.05) is 6.04 Å². The molecule has 0 amide bonds. The highest BCUT2D eigenvalue weighted by molar-refractivity contribution is 5.26. The van der Waals surface area contributed by atoms with Crippen LogP contribution in [0.5, 0.6) is 0 Å². The zero-order chi connectivity index (χ0) is 15.1. The van der Waals surface area contributed by atoms with Crippen LogP contribution in [-0.4, -0.2) is 12.6 Å². The summed E-state index contributed by atoms with van der Waals surface area (Å²) in [6.45, 7) is 8.13. The maximum Gasteiger partial charge on any atom is 0.0129 e. The van der Waals surface area contributed by atoms with Gasteiger partial charge in [-0.2, -0.15) is 0 Å². The minimum absolute atomic E-state index is 0.728. The smallest absolute Gasteiger partial charge is 0.0129 e. The third-order valence-corrected chi connectivity index (χ3v) is 5.12. The molecule has 1 aliphatic rings. The Morgan fingerprint density at radius 3 is 2.48 bits per heavy atom. The summed E-state index contributed by atoms with van der Waals surface area (Å²) in [5.41, 5.74) is 1.55. The van der Waals surface area contributed by atoms with E-state index in [0.29, 0.717) is 0 Å². The Morgan fingerprint density at radius 2 is 1.86 bits per heavy atom. The highest BCUT2D eigenvalue weighted by Gasteiger charge is 2.45. The predicted octanol–water partition coefficient (Wildman–Crippen LogP) is 5.37. The van der Waals surface area contributed by atoms with Crippen molar-refractivity contribution >= 4 is 0 Å². The molecule has 0 spiro atoms. The molecular formula is C20H33N. The van der Waals surface area contributed by atoms with Crippen LogP contribution in [-0.2, 0) is 0 Å². The van der Waals surface area contributed by atoms with E-state index in [1.165, 1.54) is 45.1 Å². The van der Waals surface area contributed by atoms with Crippen LogP contribution in [0.3, 0.4) is 0 Å². The summed E-state index contributed by atoms with van der Waals surface area (Å²) < 4.78 is 0. The fourth-order valence-electron chi connectivity index (χ4n) is 3.78. The molecule has 4 atom stereocenters. The van der Waals surface area contributed by atoms with Gasteiger partial charge in [-0.15, -0.1) is 0 Å². The number of unbranched alkanes of at least 4 members (excludes halogenated alkanes) is 1. The first-order valence-electron chi connectivity index (χ1n) is 9.10. The number of nitrogens with one attached hydrogen (secondary N) is 1. The van der Waals surface area contributed by atoms with E-state index >= 15 is 0 Å². The number of hydrogen-bond donors (Lipinski definition) is 1. The van der Waals surface area contributed by atoms with E-state index in [2.05, 4.69) is 56.4 Å². The van der Waals surface area contributed by atoms with Crippen molar-refractivity contribution in [3.05, 3.63) is 35.9 Å². The minimum atomic E-state index is 0.728. The van der Waals surface area contributed by atoms with Crippen LogP contribution >= 0.6 is 0 Å². The van der Waals surface area contributed by atoms with E-state index in [4.69, 9.17) is 0 Å². The van der Waals surface area contributed by atoms with E-state index in [9.17, 15) is 0 Å². The monoisotopic (exact) mass is 287 g/mol. The summed E-state index contributed by atoms with van der Waals surface area (Å²) >= 11 is 0. The summed E-state index contributed by atoms with van der Waals surface area (Å²) in [6.07, 6.45) is 8.04. The van der Waals surface area contributed by atoms with Crippen LogP contribution in [0.2, 0.25) is 0 Å². The fourth-order valence-corrected chi connectivity index (χ4v) is 3.78. The quantitative estimate of drug-likeness (QED) is 0.609. The summed E-state index contributed by atoms with van der Waals surface area (Å²) in [4.78, 5) is 0. The van der Waals surface area contributed by atoms with Crippen molar-refractivity contribution < 1.29 is 0 Å². The Hall–Kier alpha value is -0.820. The molecule has 0 radical (unpaired) electrons. The van der Waals surface area contributed by atoms with E-state index in [1.54, 1.807) is 5.56 Å². The standard InChI is InChI=1S/C20H33N/c1-4-7-11-16(6-3)20(21-14-5-2)19-15-18(19)17-12-9-8-10-13-17/h8-10,12-13,16,18-21H,4-7,11,14-15H2,1-3H3. The first-order valence-corrected chi connectivity index (χ1v) is 9.10. The van der Waals surface area contributed by atoms with Crippen LogP contribution in [0.15, 0.2) is 30.3 Å². The second kappa shape index (κ2) is 8.58. The highest BCUT2D eigenvalue weighted by atomic mass is 14.9. The van der Waals surface area contributed by atoms with Crippen molar-refractivity contribution in [2.24, 2.45) is 11.8 Å². The fraction of sp³-hybridized carbons (Fsp3) is 0.700. The molecule has 21 heavy (non-hydrogen) atoms. The molecule has 0 aliphatic heterocycles. The average molecular weight is 287 g/mol. The molecule has 0 aromatic heterocycles. The van der Waals surface area contributed by atoms with E-state index in [1.807, 2.05) is 0 Å². The van der Waals surface area contributed by atoms with E-state index < -0.39 is 0 Å². The SMILES string of the molecule is CCCCC(CC)C(NCCC)C1CC1c1ccccc1. The molecule has 1 fully saturated rings. The van der Waals surface area contributed by atoms with Crippen molar-refractivity contribution in [2.75, 3.05) is 6.54 Å². The molecule has 1 saturated carbocycles. The molecule has 1 N–H and O–H groups in total. The highest BCUT2D eigenvalue weighted by Crippen LogP contribution is 2.51. The van der Waals surface area contributed by atoms with Crippen LogP contribution in [0, 0.1) is 11.8 Å². The van der Waals surface area contributed by atoms with Crippen molar-refractivity contribution in [2.45, 2.75) is 71.3 Å². The molecule has 118 valence electrons. The molecule has 1 aromatic rings. The van der Waals surface area contributed by atoms with Crippen LogP contribution in [0.25, 0.3) is 0 Å². The van der Waals surface area contributed by atoms with Crippen LogP contribution in [0.4, 0.5) is 0 Å². The Morgan fingerprint density at radius 1 is 1.10 bits per heavy atom. The van der Waals surface area contributed by atoms with Crippen molar-refractivity contribution in [3.8, 4) is 0 Å². The van der Waals surface area contributed by atoms with Crippen molar-refractivity contribution in [3.63, 3.8) is 0 Å². The average Bonchev–Trinajstić information content (AvgIpc) is 3.32. The number of benzene rings is 1. The molecular weight excluding hydrogens is 254 g/mol. The first-order chi connectivity index (χ1) is 10.3. The zero-order valence-electron chi connectivity index (χ0n) is 14.1. The first kappa shape index (κ1) is 16.5. The van der Waals surface area contributed by atoms with Gasteiger partial charge in [-0.1, -0.05) is 70.4 Å². The lowest BCUT2D eigenvalue weighted by atomic mass is 9.87. The molecule has 0 heterocycles. The summed E-state index contributed by atoms with van der Waals surface area (Å²) in [6, 6.07) is 11.9. The molecule has 2 rings (SSSR count). The zero-order valence-corrected chi connectivity index (χ0v) is 14.1. The van der Waals surface area contributed by atoms with Gasteiger partial charge in [-0.05, 0) is 49.1 Å². The topological polar surface area (TPSA) is 12.0 Å². The maximum atomic E-state index is 3.89. The molecule has 0 bridgehead atoms. The van der Waals surface area contributed by atoms with E-state index in [0.717, 1.165) is 23.8 Å². The summed E-state index contributed by atoms with van der Waals surface area (Å²) in [5.74, 6) is 2.52. The van der Waals surface area contributed by atoms with Gasteiger partial charge < -0.3 is 5.32 Å². The summed E-state index contributed by atoms with van der Waals surface area (Å²) in [7, 11) is 0. The molecule has 0 saturated heterocycles. The Kier molecular flexibility index (Phi) is 6.76. The number of hydrogen-bond acceptors (Lipinski definition) is 1. The van der Waals surface area contributed by atoms with Gasteiger partial charge in [-0.3, -0.25) is 0 Å². The second-order valence-corrected chi connectivity index (χ2v) is 6.71. The van der Waals surface area contributed by atoms with Gasteiger partial charge in [0.25, 0.3) is 0 Å². The second-order valence-electron chi connectivity index (χ2n) is 6.71. The minimum Gasteiger partial charge on any atom is -0.313 e. The van der Waals surface area contributed by atoms with Gasteiger partial charge >= 0.3 is 0 Å². The largest absolute Gasteiger partial charge is 0.313 e. The maximum absolute atomic E-state index is 3.89. The molecule has 1 nitrogen and oxygen atoms in total. The Labute approximate surface area is 131 Å². The van der Waals surface area contributed by atoms with Gasteiger partial charge in [-0.25, -0.2) is 0 Å². The predicted molar refractivity (Wildman–Crippen MR) is 92.7 cm³/mol. The van der Waals surface area contributed by atoms with Crippen molar-refractivity contribution in [1.29, 1.82) is 0 Å². The van der Waals surface area contributed by atoms with Crippen molar-refractivity contribution in [1.82, 2.24) is 5.32 Å². The van der Waals surface area contributed by atoms with Gasteiger partial charge in [0.05, 0.1) is 0 Å². The molecule has 1 aromatic carbocycles. The molecule has 4 unspecified atom stereocenters. The summed E-state index contributed by atoms with van der Waals surface area (Å²) in [5, 5.41) is 3.89. The number of rotatable bonds is 10. The van der Waals surface area contributed by atoms with Gasteiger partial charge in [0.2, 0.25) is 0 Å². The lowest BCUT2D eigenvalue weighted by Gasteiger charge is -2.28. The normalized spacial score (nSPS) is 23.8. The Bertz CT molecular complexity index is 386. The van der Waals surface area contributed by atoms with Crippen LogP contribution < -0.4 is 5.32 Å². The Balaban J connectivity index is 1.99. The van der Waals surface area contributed by atoms with Crippen LogP contribution in [0.1, 0.15) is 70.8 Å². The third kappa shape index (κ3) is 4.57. The van der Waals surface area contributed by atoms with E-state index in [-0.39, 0.29) is 0 Å². The third-order valence-electron chi connectivity index (χ3n) is 5.12. The molecule has 1 heteroatoms. The molecule has 1 aliphatic carbocycles. The lowest BCUT2D eigenvalue weighted by Crippen LogP contribution is -2.39. The van der Waals surface area contributed by atoms with Gasteiger partial charge in [0.1, 0.15) is 0 Å². The van der Waals surface area contributed by atoms with Gasteiger partial charge in [0.15, 0.2) is 0 Å².